The number of anilines is 1. The zero-order valence-electron chi connectivity index (χ0n) is 15.5. The lowest BCUT2D eigenvalue weighted by Crippen LogP contribution is -2.17. The molecule has 0 amide bonds. The molecule has 0 saturated heterocycles. The zero-order chi connectivity index (χ0) is 19.8. The van der Waals surface area contributed by atoms with Crippen LogP contribution in [0.5, 0.6) is 17.4 Å². The van der Waals surface area contributed by atoms with E-state index in [1.165, 1.54) is 0 Å². The SMILES string of the molecule is CCCSc1nnc2c(n1)O[C@@H](c1ccc3c(c1)OCO3)Nc1ccc(Br)cc1-2. The highest BCUT2D eigenvalue weighted by Crippen LogP contribution is 2.42. The minimum Gasteiger partial charge on any atom is -0.454 e. The number of thioether (sulfide) groups is 1. The Kier molecular flexibility index (Phi) is 4.92. The monoisotopic (exact) mass is 472 g/mol. The van der Waals surface area contributed by atoms with Crippen LogP contribution in [-0.2, 0) is 0 Å². The molecular weight excluding hydrogens is 456 g/mol. The van der Waals surface area contributed by atoms with Crippen LogP contribution in [0.15, 0.2) is 46.0 Å². The summed E-state index contributed by atoms with van der Waals surface area (Å²) >= 11 is 5.11. The number of hydrogen-bond donors (Lipinski definition) is 1. The van der Waals surface area contributed by atoms with Crippen LogP contribution in [0.1, 0.15) is 25.1 Å². The quantitative estimate of drug-likeness (QED) is 0.529. The van der Waals surface area contributed by atoms with Gasteiger partial charge in [-0.2, -0.15) is 4.98 Å². The molecule has 0 unspecified atom stereocenters. The van der Waals surface area contributed by atoms with Crippen molar-refractivity contribution >= 4 is 33.4 Å². The zero-order valence-corrected chi connectivity index (χ0v) is 17.9. The van der Waals surface area contributed by atoms with Gasteiger partial charge in [-0.25, -0.2) is 0 Å². The van der Waals surface area contributed by atoms with Crippen LogP contribution in [0.3, 0.4) is 0 Å². The van der Waals surface area contributed by atoms with E-state index in [1.54, 1.807) is 11.8 Å². The standard InChI is InChI=1S/C20H17BrN4O3S/c1-2-7-29-20-23-19-17(24-25-20)13-9-12(21)4-5-14(13)22-18(28-19)11-3-6-15-16(8-11)27-10-26-15/h3-6,8-9,18,22H,2,7,10H2,1H3/t18-/m0/s1. The van der Waals surface area contributed by atoms with E-state index >= 15 is 0 Å². The highest BCUT2D eigenvalue weighted by molar-refractivity contribution is 9.10. The molecule has 0 radical (unpaired) electrons. The van der Waals surface area contributed by atoms with Crippen molar-refractivity contribution in [2.75, 3.05) is 17.9 Å². The first-order valence-electron chi connectivity index (χ1n) is 9.21. The van der Waals surface area contributed by atoms with Gasteiger partial charge in [-0.05, 0) is 42.8 Å². The highest BCUT2D eigenvalue weighted by Gasteiger charge is 2.27. The third-order valence-corrected chi connectivity index (χ3v) is 6.06. The van der Waals surface area contributed by atoms with Gasteiger partial charge in [-0.3, -0.25) is 0 Å². The van der Waals surface area contributed by atoms with Crippen molar-refractivity contribution in [3.05, 3.63) is 46.4 Å². The fourth-order valence-corrected chi connectivity index (χ4v) is 4.15. The first-order valence-corrected chi connectivity index (χ1v) is 11.0. The van der Waals surface area contributed by atoms with Gasteiger partial charge in [0.1, 0.15) is 0 Å². The lowest BCUT2D eigenvalue weighted by molar-refractivity contribution is 0.173. The summed E-state index contributed by atoms with van der Waals surface area (Å²) in [5.74, 6) is 2.81. The molecule has 3 heterocycles. The normalized spacial score (nSPS) is 16.3. The Bertz CT molecular complexity index is 1080. The maximum absolute atomic E-state index is 6.30. The molecule has 0 aliphatic carbocycles. The fraction of sp³-hybridized carbons (Fsp3) is 0.250. The van der Waals surface area contributed by atoms with Crippen molar-refractivity contribution in [2.24, 2.45) is 0 Å². The van der Waals surface area contributed by atoms with Gasteiger partial charge in [0.25, 0.3) is 0 Å². The Morgan fingerprint density at radius 1 is 1.14 bits per heavy atom. The molecule has 29 heavy (non-hydrogen) atoms. The van der Waals surface area contributed by atoms with Crippen LogP contribution in [-0.4, -0.2) is 27.7 Å². The topological polar surface area (TPSA) is 78.4 Å². The summed E-state index contributed by atoms with van der Waals surface area (Å²) in [6, 6.07) is 11.7. The van der Waals surface area contributed by atoms with Crippen LogP contribution in [0.25, 0.3) is 11.3 Å². The Balaban J connectivity index is 1.59. The molecule has 2 aromatic carbocycles. The number of hydrogen-bond acceptors (Lipinski definition) is 8. The van der Waals surface area contributed by atoms with Gasteiger partial charge in [-0.15, -0.1) is 10.2 Å². The minimum atomic E-state index is -0.466. The van der Waals surface area contributed by atoms with E-state index < -0.39 is 6.23 Å². The second kappa shape index (κ2) is 7.72. The molecule has 0 spiro atoms. The third-order valence-electron chi connectivity index (χ3n) is 4.52. The van der Waals surface area contributed by atoms with E-state index in [1.807, 2.05) is 36.4 Å². The van der Waals surface area contributed by atoms with Gasteiger partial charge >= 0.3 is 0 Å². The van der Waals surface area contributed by atoms with Crippen LogP contribution in [0, 0.1) is 0 Å². The third kappa shape index (κ3) is 3.60. The number of ether oxygens (including phenoxy) is 3. The van der Waals surface area contributed by atoms with E-state index in [0.717, 1.165) is 39.2 Å². The second-order valence-corrected chi connectivity index (χ2v) is 8.52. The van der Waals surface area contributed by atoms with E-state index in [9.17, 15) is 0 Å². The first kappa shape index (κ1) is 18.5. The van der Waals surface area contributed by atoms with Gasteiger partial charge in [0.2, 0.25) is 17.8 Å². The summed E-state index contributed by atoms with van der Waals surface area (Å²) in [6.07, 6.45) is 0.565. The maximum atomic E-state index is 6.30. The van der Waals surface area contributed by atoms with E-state index in [4.69, 9.17) is 14.2 Å². The van der Waals surface area contributed by atoms with E-state index in [0.29, 0.717) is 22.5 Å². The molecule has 1 N–H and O–H groups in total. The number of aromatic nitrogens is 3. The van der Waals surface area contributed by atoms with Crippen molar-refractivity contribution in [3.63, 3.8) is 0 Å². The van der Waals surface area contributed by atoms with Crippen LogP contribution in [0.4, 0.5) is 5.69 Å². The Hall–Kier alpha value is -2.52. The van der Waals surface area contributed by atoms with Crippen molar-refractivity contribution in [2.45, 2.75) is 24.7 Å². The summed E-state index contributed by atoms with van der Waals surface area (Å²) in [5.41, 5.74) is 3.28. The van der Waals surface area contributed by atoms with Crippen LogP contribution < -0.4 is 19.5 Å². The van der Waals surface area contributed by atoms with Gasteiger partial charge in [0.05, 0.1) is 0 Å². The van der Waals surface area contributed by atoms with Crippen molar-refractivity contribution < 1.29 is 14.2 Å². The largest absolute Gasteiger partial charge is 0.454 e. The predicted octanol–water partition coefficient (Wildman–Crippen LogP) is 5.04. The van der Waals surface area contributed by atoms with Gasteiger partial charge in [-0.1, -0.05) is 34.6 Å². The molecule has 1 aromatic heterocycles. The number of fused-ring (bicyclic) bond motifs is 4. The van der Waals surface area contributed by atoms with Crippen LogP contribution in [0.2, 0.25) is 0 Å². The summed E-state index contributed by atoms with van der Waals surface area (Å²) < 4.78 is 18.2. The molecule has 9 heteroatoms. The lowest BCUT2D eigenvalue weighted by atomic mass is 10.1. The Morgan fingerprint density at radius 3 is 2.93 bits per heavy atom. The molecule has 1 atom stereocenters. The van der Waals surface area contributed by atoms with Crippen LogP contribution >= 0.6 is 27.7 Å². The smallest absolute Gasteiger partial charge is 0.247 e. The Labute approximate surface area is 180 Å². The molecular formula is C20H17BrN4O3S. The second-order valence-electron chi connectivity index (χ2n) is 6.54. The number of rotatable bonds is 4. The first-order chi connectivity index (χ1) is 14.2. The Morgan fingerprint density at radius 2 is 2.03 bits per heavy atom. The molecule has 148 valence electrons. The highest BCUT2D eigenvalue weighted by atomic mass is 79.9. The van der Waals surface area contributed by atoms with E-state index in [-0.39, 0.29) is 6.79 Å². The maximum Gasteiger partial charge on any atom is 0.247 e. The van der Waals surface area contributed by atoms with E-state index in [2.05, 4.69) is 43.4 Å². The average Bonchev–Trinajstić information content (AvgIpc) is 3.14. The van der Waals surface area contributed by atoms with Gasteiger partial charge in [0.15, 0.2) is 23.4 Å². The molecule has 5 rings (SSSR count). The average molecular weight is 473 g/mol. The number of nitrogens with zero attached hydrogens (tertiary/aromatic N) is 3. The minimum absolute atomic E-state index is 0.229. The molecule has 0 saturated carbocycles. The molecule has 7 nitrogen and oxygen atoms in total. The molecule has 0 bridgehead atoms. The van der Waals surface area contributed by atoms with Gasteiger partial charge in [0, 0.05) is 27.0 Å². The van der Waals surface area contributed by atoms with Gasteiger partial charge < -0.3 is 19.5 Å². The molecule has 0 fully saturated rings. The summed E-state index contributed by atoms with van der Waals surface area (Å²) in [5, 5.41) is 12.8. The lowest BCUT2D eigenvalue weighted by Gasteiger charge is -2.19. The molecule has 2 aliphatic heterocycles. The predicted molar refractivity (Wildman–Crippen MR) is 114 cm³/mol. The van der Waals surface area contributed by atoms with Crippen molar-refractivity contribution in [1.82, 2.24) is 15.2 Å². The number of benzene rings is 2. The number of nitrogens with one attached hydrogen (secondary N) is 1. The number of halogens is 1. The fourth-order valence-electron chi connectivity index (χ4n) is 3.15. The summed E-state index contributed by atoms with van der Waals surface area (Å²) in [6.45, 7) is 2.35. The van der Waals surface area contributed by atoms with Crippen molar-refractivity contribution in [1.29, 1.82) is 0 Å². The summed E-state index contributed by atoms with van der Waals surface area (Å²) in [4.78, 5) is 4.64. The summed E-state index contributed by atoms with van der Waals surface area (Å²) in [7, 11) is 0. The van der Waals surface area contributed by atoms with Crippen molar-refractivity contribution in [3.8, 4) is 28.6 Å². The molecule has 2 aliphatic rings. The molecule has 3 aromatic rings.